The summed E-state index contributed by atoms with van der Waals surface area (Å²) in [5, 5.41) is 11.1. The van der Waals surface area contributed by atoms with Crippen LogP contribution in [0.4, 0.5) is 0 Å². The highest BCUT2D eigenvalue weighted by Gasteiger charge is 2.51. The number of esters is 3. The van der Waals surface area contributed by atoms with Crippen LogP contribution in [0, 0.1) is 0 Å². The zero-order chi connectivity index (χ0) is 29.9. The lowest BCUT2D eigenvalue weighted by molar-refractivity contribution is -0.279. The van der Waals surface area contributed by atoms with Gasteiger partial charge < -0.3 is 53.1 Å². The Kier molecular flexibility index (Phi) is 17.6. The minimum absolute atomic E-state index is 0.00547. The average Bonchev–Trinajstić information content (AvgIpc) is 2.85. The van der Waals surface area contributed by atoms with E-state index in [1.807, 2.05) is 0 Å². The van der Waals surface area contributed by atoms with Crippen LogP contribution in [-0.4, -0.2) is 132 Å². The molecule has 2 N–H and O–H groups in total. The van der Waals surface area contributed by atoms with Gasteiger partial charge in [0.1, 0.15) is 25.4 Å². The van der Waals surface area contributed by atoms with Gasteiger partial charge in [-0.2, -0.15) is 0 Å². The number of carboxylic acids is 1. The zero-order valence-corrected chi connectivity index (χ0v) is 23.1. The molecular formula is C24H39NO15. The molecule has 40 heavy (non-hydrogen) atoms. The van der Waals surface area contributed by atoms with Gasteiger partial charge in [-0.25, -0.2) is 4.79 Å². The highest BCUT2D eigenvalue weighted by Crippen LogP contribution is 2.28. The molecular weight excluding hydrogens is 542 g/mol. The number of aliphatic carboxylic acids is 1. The number of nitrogens with one attached hydrogen (secondary N) is 1. The topological polar surface area (TPSA) is 201 Å². The second-order valence-electron chi connectivity index (χ2n) is 8.37. The van der Waals surface area contributed by atoms with Gasteiger partial charge in [0.25, 0.3) is 0 Å². The number of amides is 1. The lowest BCUT2D eigenvalue weighted by Gasteiger charge is -2.44. The predicted molar refractivity (Wildman–Crippen MR) is 131 cm³/mol. The van der Waals surface area contributed by atoms with E-state index in [0.29, 0.717) is 13.2 Å². The molecule has 230 valence electrons. The van der Waals surface area contributed by atoms with Crippen LogP contribution >= 0.6 is 0 Å². The number of carbonyl (C=O) groups excluding carboxylic acids is 4. The van der Waals surface area contributed by atoms with Crippen molar-refractivity contribution in [2.45, 2.75) is 58.3 Å². The number of carbonyl (C=O) groups is 5. The van der Waals surface area contributed by atoms with Crippen LogP contribution in [0.5, 0.6) is 0 Å². The van der Waals surface area contributed by atoms with Crippen molar-refractivity contribution in [2.24, 2.45) is 0 Å². The van der Waals surface area contributed by atoms with Crippen LogP contribution in [0.25, 0.3) is 0 Å². The van der Waals surface area contributed by atoms with Crippen molar-refractivity contribution >= 4 is 29.8 Å². The fraction of sp³-hybridized carbons (Fsp3) is 0.792. The minimum Gasteiger partial charge on any atom is -0.480 e. The Labute approximate surface area is 231 Å². The van der Waals surface area contributed by atoms with Gasteiger partial charge in [-0.1, -0.05) is 0 Å². The van der Waals surface area contributed by atoms with Crippen molar-refractivity contribution in [3.05, 3.63) is 0 Å². The largest absolute Gasteiger partial charge is 0.480 e. The smallest absolute Gasteiger partial charge is 0.329 e. The summed E-state index contributed by atoms with van der Waals surface area (Å²) in [5.74, 6) is -3.54. The molecule has 0 bridgehead atoms. The van der Waals surface area contributed by atoms with Gasteiger partial charge >= 0.3 is 23.9 Å². The molecule has 1 fully saturated rings. The molecule has 16 heteroatoms. The molecule has 1 saturated heterocycles. The molecule has 0 aliphatic carbocycles. The predicted octanol–water partition coefficient (Wildman–Crippen LogP) is -1.19. The summed E-state index contributed by atoms with van der Waals surface area (Å²) >= 11 is 0. The summed E-state index contributed by atoms with van der Waals surface area (Å²) in [7, 11) is 0. The Morgan fingerprint density at radius 1 is 0.700 bits per heavy atom. The van der Waals surface area contributed by atoms with Gasteiger partial charge in [-0.15, -0.1) is 0 Å². The van der Waals surface area contributed by atoms with E-state index >= 15 is 0 Å². The molecule has 0 aromatic rings. The Balaban J connectivity index is 2.56. The quantitative estimate of drug-likeness (QED) is 0.0986. The summed E-state index contributed by atoms with van der Waals surface area (Å²) in [6, 6.07) is -1.06. The van der Waals surface area contributed by atoms with Crippen LogP contribution in [-0.2, 0) is 66.6 Å². The van der Waals surface area contributed by atoms with E-state index in [1.165, 1.54) is 13.8 Å². The summed E-state index contributed by atoms with van der Waals surface area (Å²) in [4.78, 5) is 57.2. The van der Waals surface area contributed by atoms with Crippen molar-refractivity contribution in [1.29, 1.82) is 0 Å². The Hall–Kier alpha value is -2.89. The molecule has 5 atom stereocenters. The van der Waals surface area contributed by atoms with Gasteiger partial charge in [0.2, 0.25) is 5.91 Å². The normalized spacial score (nSPS) is 22.2. The van der Waals surface area contributed by atoms with Gasteiger partial charge in [0.15, 0.2) is 18.5 Å². The zero-order valence-electron chi connectivity index (χ0n) is 23.1. The van der Waals surface area contributed by atoms with E-state index in [4.69, 9.17) is 47.7 Å². The number of rotatable bonds is 20. The highest BCUT2D eigenvalue weighted by atomic mass is 16.7. The SMILES string of the molecule is CC(=O)NC1C(OCCOCCOCCOCCOCC(=O)O)OC(COC(C)=O)[C@@H](OC(C)=O)C1OC(C)=O. The molecule has 4 unspecified atom stereocenters. The van der Waals surface area contributed by atoms with Gasteiger partial charge in [-0.3, -0.25) is 19.2 Å². The van der Waals surface area contributed by atoms with E-state index in [-0.39, 0.29) is 52.9 Å². The molecule has 1 aliphatic heterocycles. The summed E-state index contributed by atoms with van der Waals surface area (Å²) in [6.07, 6.45) is -4.64. The first kappa shape index (κ1) is 35.1. The fourth-order valence-corrected chi connectivity index (χ4v) is 3.48. The third kappa shape index (κ3) is 15.6. The molecule has 1 aliphatic rings. The van der Waals surface area contributed by atoms with Crippen molar-refractivity contribution in [3.8, 4) is 0 Å². The minimum atomic E-state index is -1.20. The van der Waals surface area contributed by atoms with Crippen LogP contribution in [0.2, 0.25) is 0 Å². The molecule has 0 aromatic carbocycles. The Morgan fingerprint density at radius 3 is 1.68 bits per heavy atom. The van der Waals surface area contributed by atoms with Crippen molar-refractivity contribution < 1.29 is 71.7 Å². The Bertz CT molecular complexity index is 807. The second kappa shape index (κ2) is 20.1. The van der Waals surface area contributed by atoms with E-state index in [0.717, 1.165) is 13.8 Å². The monoisotopic (exact) mass is 581 g/mol. The molecule has 0 saturated carbocycles. The average molecular weight is 582 g/mol. The molecule has 1 rings (SSSR count). The maximum atomic E-state index is 11.9. The number of hydrogen-bond acceptors (Lipinski definition) is 14. The van der Waals surface area contributed by atoms with Crippen molar-refractivity contribution in [2.75, 3.05) is 66.1 Å². The fourth-order valence-electron chi connectivity index (χ4n) is 3.48. The lowest BCUT2D eigenvalue weighted by Crippen LogP contribution is -2.66. The van der Waals surface area contributed by atoms with Crippen molar-refractivity contribution in [1.82, 2.24) is 5.32 Å². The lowest BCUT2D eigenvalue weighted by atomic mass is 9.96. The molecule has 0 spiro atoms. The molecule has 1 amide bonds. The van der Waals surface area contributed by atoms with Crippen LogP contribution in [0.15, 0.2) is 0 Å². The molecule has 0 radical (unpaired) electrons. The Morgan fingerprint density at radius 2 is 1.20 bits per heavy atom. The van der Waals surface area contributed by atoms with E-state index < -0.39 is 60.4 Å². The molecule has 16 nitrogen and oxygen atoms in total. The summed E-state index contributed by atoms with van der Waals surface area (Å²) < 4.78 is 48.3. The van der Waals surface area contributed by atoms with E-state index in [9.17, 15) is 24.0 Å². The molecule has 1 heterocycles. The van der Waals surface area contributed by atoms with E-state index in [2.05, 4.69) is 5.32 Å². The summed E-state index contributed by atoms with van der Waals surface area (Å²) in [6.45, 7) is 5.69. The first-order valence-corrected chi connectivity index (χ1v) is 12.6. The van der Waals surface area contributed by atoms with Gasteiger partial charge in [0.05, 0.1) is 52.9 Å². The van der Waals surface area contributed by atoms with Crippen molar-refractivity contribution in [3.63, 3.8) is 0 Å². The van der Waals surface area contributed by atoms with Gasteiger partial charge in [-0.05, 0) is 0 Å². The highest BCUT2D eigenvalue weighted by molar-refractivity contribution is 5.73. The maximum absolute atomic E-state index is 11.9. The molecule has 0 aromatic heterocycles. The third-order valence-corrected chi connectivity index (χ3v) is 4.92. The second-order valence-corrected chi connectivity index (χ2v) is 8.37. The van der Waals surface area contributed by atoms with Gasteiger partial charge in [0, 0.05) is 27.7 Å². The standard InChI is InChI=1S/C24H39NO15/c1-15(26)25-21-23(39-18(4)29)22(38-17(3)28)19(13-37-16(2)27)40-24(21)36-12-11-34-8-7-32-5-6-33-9-10-35-14-20(30)31/h19,21-24H,5-14H2,1-4H3,(H,25,26)(H,30,31)/t19?,21?,22-,23?,24?/m1/s1. The number of carboxylic acid groups (broad SMARTS) is 1. The summed E-state index contributed by atoms with van der Waals surface area (Å²) in [5.41, 5.74) is 0. The van der Waals surface area contributed by atoms with Crippen LogP contribution < -0.4 is 5.32 Å². The maximum Gasteiger partial charge on any atom is 0.329 e. The number of hydrogen-bond donors (Lipinski definition) is 2. The van der Waals surface area contributed by atoms with Crippen LogP contribution in [0.1, 0.15) is 27.7 Å². The van der Waals surface area contributed by atoms with E-state index in [1.54, 1.807) is 0 Å². The first-order chi connectivity index (χ1) is 19.0. The third-order valence-electron chi connectivity index (χ3n) is 4.92. The number of ether oxygens (including phenoxy) is 9. The first-order valence-electron chi connectivity index (χ1n) is 12.6. The van der Waals surface area contributed by atoms with Crippen LogP contribution in [0.3, 0.4) is 0 Å².